The number of hydrazone groups is 1. The second kappa shape index (κ2) is 2.13. The molecule has 0 aromatic carbocycles. The normalized spacial score (nSPS) is 27.2. The van der Waals surface area contributed by atoms with E-state index < -0.39 is 0 Å². The van der Waals surface area contributed by atoms with E-state index in [2.05, 4.69) is 11.5 Å². The van der Waals surface area contributed by atoms with Gasteiger partial charge in [0.25, 0.3) is 0 Å². The molecule has 3 heteroatoms. The van der Waals surface area contributed by atoms with Gasteiger partial charge in [-0.1, -0.05) is 0 Å². The lowest BCUT2D eigenvalue weighted by molar-refractivity contribution is 0.0223. The summed E-state index contributed by atoms with van der Waals surface area (Å²) in [7, 11) is 3.47. The summed E-state index contributed by atoms with van der Waals surface area (Å²) < 4.78 is 4.91. The maximum Gasteiger partial charge on any atom is 0.157 e. The molecular weight excluding hydrogens is 104 g/mol. The van der Waals surface area contributed by atoms with Crippen molar-refractivity contribution in [2.24, 2.45) is 5.10 Å². The molecule has 3 nitrogen and oxygen atoms in total. The summed E-state index contributed by atoms with van der Waals surface area (Å²) in [5.41, 5.74) is 0. The van der Waals surface area contributed by atoms with Gasteiger partial charge in [-0.3, -0.25) is 5.01 Å². The molecule has 0 aliphatic carbocycles. The Morgan fingerprint density at radius 2 is 2.62 bits per heavy atom. The first-order chi connectivity index (χ1) is 3.84. The third-order valence-electron chi connectivity index (χ3n) is 1.02. The summed E-state index contributed by atoms with van der Waals surface area (Å²) in [4.78, 5) is 0. The maximum atomic E-state index is 4.91. The van der Waals surface area contributed by atoms with Crippen LogP contribution in [-0.4, -0.2) is 31.6 Å². The van der Waals surface area contributed by atoms with Gasteiger partial charge < -0.3 is 4.74 Å². The Morgan fingerprint density at radius 1 is 1.88 bits per heavy atom. The summed E-state index contributed by atoms with van der Waals surface area (Å²) in [5.74, 6) is 0. The minimum atomic E-state index is -0.0741. The predicted molar refractivity (Wildman–Crippen MR) is 30.3 cm³/mol. The first-order valence-electron chi connectivity index (χ1n) is 2.38. The van der Waals surface area contributed by atoms with Crippen LogP contribution in [0.15, 0.2) is 5.10 Å². The quantitative estimate of drug-likeness (QED) is 0.476. The van der Waals surface area contributed by atoms with Crippen LogP contribution in [0.2, 0.25) is 0 Å². The minimum Gasteiger partial charge on any atom is -0.359 e. The Balaban J connectivity index is 2.38. The SMILES string of the molecule is COC1[C]C=NN1C. The van der Waals surface area contributed by atoms with Crippen molar-refractivity contribution in [3.63, 3.8) is 0 Å². The average Bonchev–Trinajstić information content (AvgIpc) is 2.14. The largest absolute Gasteiger partial charge is 0.359 e. The molecule has 2 radical (unpaired) electrons. The molecule has 1 rings (SSSR count). The molecule has 1 unspecified atom stereocenters. The molecule has 0 aromatic heterocycles. The Labute approximate surface area is 48.9 Å². The van der Waals surface area contributed by atoms with Gasteiger partial charge in [0.1, 0.15) is 0 Å². The van der Waals surface area contributed by atoms with E-state index in [1.165, 1.54) is 0 Å². The van der Waals surface area contributed by atoms with Crippen molar-refractivity contribution in [2.75, 3.05) is 14.2 Å². The van der Waals surface area contributed by atoms with Gasteiger partial charge in [0.2, 0.25) is 0 Å². The van der Waals surface area contributed by atoms with Crippen molar-refractivity contribution in [2.45, 2.75) is 6.23 Å². The van der Waals surface area contributed by atoms with Crippen molar-refractivity contribution < 1.29 is 4.74 Å². The number of hydrogen-bond acceptors (Lipinski definition) is 3. The highest BCUT2D eigenvalue weighted by molar-refractivity contribution is 5.70. The molecule has 0 aromatic rings. The highest BCUT2D eigenvalue weighted by Gasteiger charge is 2.15. The van der Waals surface area contributed by atoms with Gasteiger partial charge in [-0.2, -0.15) is 5.10 Å². The first kappa shape index (κ1) is 5.56. The highest BCUT2D eigenvalue weighted by atomic mass is 16.5. The summed E-state index contributed by atoms with van der Waals surface area (Å²) in [6.07, 6.45) is 4.40. The molecule has 0 N–H and O–H groups in total. The maximum absolute atomic E-state index is 4.91. The van der Waals surface area contributed by atoms with Gasteiger partial charge in [-0.15, -0.1) is 0 Å². The summed E-state index contributed by atoms with van der Waals surface area (Å²) in [6, 6.07) is 0. The fraction of sp³-hybridized carbons (Fsp3) is 0.600. The van der Waals surface area contributed by atoms with Crippen molar-refractivity contribution in [1.29, 1.82) is 0 Å². The van der Waals surface area contributed by atoms with Crippen molar-refractivity contribution in [3.8, 4) is 0 Å². The highest BCUT2D eigenvalue weighted by Crippen LogP contribution is 2.05. The lowest BCUT2D eigenvalue weighted by atomic mass is 10.4. The molecule has 0 saturated heterocycles. The predicted octanol–water partition coefficient (Wildman–Crippen LogP) is -0.0286. The second-order valence-electron chi connectivity index (χ2n) is 1.57. The van der Waals surface area contributed by atoms with E-state index in [4.69, 9.17) is 4.74 Å². The zero-order chi connectivity index (χ0) is 5.98. The summed E-state index contributed by atoms with van der Waals surface area (Å²) in [5, 5.41) is 5.56. The number of nitrogens with zero attached hydrogens (tertiary/aromatic N) is 2. The summed E-state index contributed by atoms with van der Waals surface area (Å²) >= 11 is 0. The van der Waals surface area contributed by atoms with Crippen LogP contribution < -0.4 is 0 Å². The van der Waals surface area contributed by atoms with Crippen LogP contribution in [0.5, 0.6) is 0 Å². The number of hydrogen-bond donors (Lipinski definition) is 0. The number of rotatable bonds is 1. The van der Waals surface area contributed by atoms with Gasteiger partial charge in [-0.25, -0.2) is 0 Å². The van der Waals surface area contributed by atoms with E-state index in [0.29, 0.717) is 0 Å². The van der Waals surface area contributed by atoms with E-state index >= 15 is 0 Å². The van der Waals surface area contributed by atoms with Crippen molar-refractivity contribution >= 4 is 6.21 Å². The molecule has 44 valence electrons. The fourth-order valence-electron chi connectivity index (χ4n) is 0.577. The average molecular weight is 112 g/mol. The van der Waals surface area contributed by atoms with Crippen LogP contribution in [-0.2, 0) is 4.74 Å². The molecule has 1 aliphatic heterocycles. The molecular formula is C5H8N2O. The van der Waals surface area contributed by atoms with Crippen molar-refractivity contribution in [3.05, 3.63) is 6.42 Å². The van der Waals surface area contributed by atoms with Crippen LogP contribution in [0.3, 0.4) is 0 Å². The van der Waals surface area contributed by atoms with Crippen LogP contribution in [0.25, 0.3) is 0 Å². The number of ether oxygens (including phenoxy) is 1. The lowest BCUT2D eigenvalue weighted by Crippen LogP contribution is -2.24. The zero-order valence-electron chi connectivity index (χ0n) is 4.96. The molecule has 8 heavy (non-hydrogen) atoms. The van der Waals surface area contributed by atoms with Gasteiger partial charge in [0.15, 0.2) is 6.23 Å². The van der Waals surface area contributed by atoms with Crippen molar-refractivity contribution in [1.82, 2.24) is 5.01 Å². The van der Waals surface area contributed by atoms with E-state index in [9.17, 15) is 0 Å². The molecule has 0 amide bonds. The summed E-state index contributed by atoms with van der Waals surface area (Å²) in [6.45, 7) is 0. The molecule has 0 saturated carbocycles. The van der Waals surface area contributed by atoms with E-state index in [0.717, 1.165) is 0 Å². The zero-order valence-corrected chi connectivity index (χ0v) is 4.96. The first-order valence-corrected chi connectivity index (χ1v) is 2.38. The lowest BCUT2D eigenvalue weighted by Gasteiger charge is -2.15. The smallest absolute Gasteiger partial charge is 0.157 e. The van der Waals surface area contributed by atoms with Crippen LogP contribution in [0.1, 0.15) is 0 Å². The van der Waals surface area contributed by atoms with E-state index in [-0.39, 0.29) is 6.23 Å². The molecule has 1 aliphatic rings. The Hall–Kier alpha value is -0.570. The molecule has 0 fully saturated rings. The third kappa shape index (κ3) is 0.816. The van der Waals surface area contributed by atoms with Crippen LogP contribution >= 0.6 is 0 Å². The van der Waals surface area contributed by atoms with Gasteiger partial charge in [0.05, 0.1) is 6.42 Å². The fourth-order valence-corrected chi connectivity index (χ4v) is 0.577. The second-order valence-corrected chi connectivity index (χ2v) is 1.57. The minimum absolute atomic E-state index is 0.0741. The Morgan fingerprint density at radius 3 is 2.88 bits per heavy atom. The standard InChI is InChI=1S/C5H8N2O/c1-7-5(8-2)3-4-6-7/h4-5H,1-2H3. The van der Waals surface area contributed by atoms with Crippen LogP contribution in [0, 0.1) is 6.42 Å². The topological polar surface area (TPSA) is 24.8 Å². The molecule has 1 atom stereocenters. The van der Waals surface area contributed by atoms with Gasteiger partial charge in [-0.05, 0) is 0 Å². The Kier molecular flexibility index (Phi) is 1.48. The molecule has 0 spiro atoms. The molecule has 0 bridgehead atoms. The van der Waals surface area contributed by atoms with Gasteiger partial charge in [0, 0.05) is 20.4 Å². The van der Waals surface area contributed by atoms with E-state index in [1.807, 2.05) is 7.05 Å². The van der Waals surface area contributed by atoms with Crippen LogP contribution in [0.4, 0.5) is 0 Å². The monoisotopic (exact) mass is 112 g/mol. The number of methoxy groups -OCH3 is 1. The van der Waals surface area contributed by atoms with E-state index in [1.54, 1.807) is 18.3 Å². The Bertz CT molecular complexity index is 103. The molecule has 1 heterocycles. The van der Waals surface area contributed by atoms with Gasteiger partial charge >= 0.3 is 0 Å². The third-order valence-corrected chi connectivity index (χ3v) is 1.02.